The van der Waals surface area contributed by atoms with E-state index in [2.05, 4.69) is 0 Å². The highest BCUT2D eigenvalue weighted by Gasteiger charge is 2.53. The minimum Gasteiger partial charge on any atom is -0.496 e. The Balaban J connectivity index is 2.14. The molecule has 1 heterocycles. The fraction of sp³-hybridized carbons (Fsp3) is 0.417. The van der Waals surface area contributed by atoms with Crippen LogP contribution in [0.2, 0.25) is 5.02 Å². The van der Waals surface area contributed by atoms with Gasteiger partial charge in [0.25, 0.3) is 0 Å². The first-order valence-corrected chi connectivity index (χ1v) is 10.1. The molecule has 0 spiro atoms. The van der Waals surface area contributed by atoms with Crippen molar-refractivity contribution in [3.8, 4) is 16.9 Å². The molecule has 4 nitrogen and oxygen atoms in total. The van der Waals surface area contributed by atoms with Gasteiger partial charge in [0.15, 0.2) is 11.6 Å². The SMILES string of the molecule is CCc1cc(-c2cc(Cl)ccc2OC)ccc1C1C(=O)C(C)(C)OC(C)(C)C1=O. The van der Waals surface area contributed by atoms with Crippen LogP contribution in [-0.2, 0) is 20.7 Å². The second kappa shape index (κ2) is 7.58. The quantitative estimate of drug-likeness (QED) is 0.629. The van der Waals surface area contributed by atoms with Crippen LogP contribution in [-0.4, -0.2) is 29.9 Å². The van der Waals surface area contributed by atoms with Crippen molar-refractivity contribution < 1.29 is 19.1 Å². The predicted molar refractivity (Wildman–Crippen MR) is 115 cm³/mol. The highest BCUT2D eigenvalue weighted by atomic mass is 35.5. The van der Waals surface area contributed by atoms with Crippen molar-refractivity contribution >= 4 is 23.2 Å². The zero-order valence-corrected chi connectivity index (χ0v) is 18.5. The van der Waals surface area contributed by atoms with Crippen LogP contribution in [0, 0.1) is 0 Å². The van der Waals surface area contributed by atoms with E-state index in [1.54, 1.807) is 40.9 Å². The summed E-state index contributed by atoms with van der Waals surface area (Å²) in [7, 11) is 1.62. The average Bonchev–Trinajstić information content (AvgIpc) is 2.66. The van der Waals surface area contributed by atoms with Crippen LogP contribution in [0.5, 0.6) is 5.75 Å². The molecule has 0 aromatic heterocycles. The van der Waals surface area contributed by atoms with Crippen molar-refractivity contribution in [2.24, 2.45) is 0 Å². The summed E-state index contributed by atoms with van der Waals surface area (Å²) in [6.07, 6.45) is 0.685. The van der Waals surface area contributed by atoms with Gasteiger partial charge in [-0.05, 0) is 69.0 Å². The summed E-state index contributed by atoms with van der Waals surface area (Å²) in [5.41, 5.74) is 1.44. The van der Waals surface area contributed by atoms with Gasteiger partial charge < -0.3 is 9.47 Å². The summed E-state index contributed by atoms with van der Waals surface area (Å²) in [5, 5.41) is 0.612. The molecule has 1 aliphatic rings. The van der Waals surface area contributed by atoms with E-state index in [1.807, 2.05) is 37.3 Å². The number of aryl methyl sites for hydroxylation is 1. The molecule has 1 fully saturated rings. The molecule has 0 atom stereocenters. The second-order valence-electron chi connectivity index (χ2n) is 8.40. The Bertz CT molecular complexity index is 949. The highest BCUT2D eigenvalue weighted by Crippen LogP contribution is 2.41. The molecule has 0 amide bonds. The molecule has 3 rings (SSSR count). The van der Waals surface area contributed by atoms with Gasteiger partial charge in [0.2, 0.25) is 0 Å². The van der Waals surface area contributed by atoms with Gasteiger partial charge in [-0.3, -0.25) is 9.59 Å². The molecular formula is C24H27ClO4. The van der Waals surface area contributed by atoms with Gasteiger partial charge in [0.1, 0.15) is 22.9 Å². The van der Waals surface area contributed by atoms with E-state index in [9.17, 15) is 9.59 Å². The van der Waals surface area contributed by atoms with Crippen LogP contribution < -0.4 is 4.74 Å². The number of carbonyl (C=O) groups is 2. The van der Waals surface area contributed by atoms with Crippen LogP contribution in [0.1, 0.15) is 51.7 Å². The van der Waals surface area contributed by atoms with Crippen LogP contribution >= 0.6 is 11.6 Å². The van der Waals surface area contributed by atoms with Crippen molar-refractivity contribution in [1.29, 1.82) is 0 Å². The second-order valence-corrected chi connectivity index (χ2v) is 8.83. The number of benzene rings is 2. The summed E-state index contributed by atoms with van der Waals surface area (Å²) >= 11 is 6.19. The Morgan fingerprint density at radius 2 is 1.62 bits per heavy atom. The third-order valence-electron chi connectivity index (χ3n) is 5.53. The normalized spacial score (nSPS) is 18.7. The molecule has 0 unspecified atom stereocenters. The van der Waals surface area contributed by atoms with Gasteiger partial charge in [-0.2, -0.15) is 0 Å². The Labute approximate surface area is 177 Å². The van der Waals surface area contributed by atoms with E-state index in [4.69, 9.17) is 21.1 Å². The minimum absolute atomic E-state index is 0.204. The van der Waals surface area contributed by atoms with Gasteiger partial charge in [-0.1, -0.05) is 36.7 Å². The number of carbonyl (C=O) groups excluding carboxylic acids is 2. The molecule has 5 heteroatoms. The third-order valence-corrected chi connectivity index (χ3v) is 5.76. The van der Waals surface area contributed by atoms with E-state index in [1.165, 1.54) is 0 Å². The molecule has 154 valence electrons. The first-order valence-electron chi connectivity index (χ1n) is 9.77. The molecule has 0 N–H and O–H groups in total. The van der Waals surface area contributed by atoms with Gasteiger partial charge >= 0.3 is 0 Å². The zero-order valence-electron chi connectivity index (χ0n) is 17.8. The topological polar surface area (TPSA) is 52.6 Å². The number of Topliss-reactive ketones (excluding diaryl/α,β-unsaturated/α-hetero) is 2. The number of hydrogen-bond acceptors (Lipinski definition) is 4. The van der Waals surface area contributed by atoms with Crippen LogP contribution in [0.4, 0.5) is 0 Å². The number of methoxy groups -OCH3 is 1. The lowest BCUT2D eigenvalue weighted by atomic mass is 9.73. The molecule has 29 heavy (non-hydrogen) atoms. The summed E-state index contributed by atoms with van der Waals surface area (Å²) in [4.78, 5) is 26.3. The summed E-state index contributed by atoms with van der Waals surface area (Å²) in [6.45, 7) is 8.93. The van der Waals surface area contributed by atoms with Crippen LogP contribution in [0.15, 0.2) is 36.4 Å². The fourth-order valence-electron chi connectivity index (χ4n) is 4.10. The molecule has 0 aliphatic carbocycles. The van der Waals surface area contributed by atoms with Crippen LogP contribution in [0.3, 0.4) is 0 Å². The summed E-state index contributed by atoms with van der Waals surface area (Å²) in [6, 6.07) is 11.3. The predicted octanol–water partition coefficient (Wildman–Crippen LogP) is 5.39. The van der Waals surface area contributed by atoms with Crippen molar-refractivity contribution in [3.63, 3.8) is 0 Å². The number of hydrogen-bond donors (Lipinski definition) is 0. The summed E-state index contributed by atoms with van der Waals surface area (Å²) in [5.74, 6) is -0.530. The van der Waals surface area contributed by atoms with E-state index < -0.39 is 17.1 Å². The van der Waals surface area contributed by atoms with Gasteiger partial charge in [-0.15, -0.1) is 0 Å². The first-order chi connectivity index (χ1) is 13.5. The smallest absolute Gasteiger partial charge is 0.179 e. The molecule has 0 radical (unpaired) electrons. The maximum atomic E-state index is 13.1. The maximum Gasteiger partial charge on any atom is 0.179 e. The largest absolute Gasteiger partial charge is 0.496 e. The zero-order chi connectivity index (χ0) is 21.6. The Morgan fingerprint density at radius 1 is 1.00 bits per heavy atom. The van der Waals surface area contributed by atoms with Crippen molar-refractivity contribution in [1.82, 2.24) is 0 Å². The van der Waals surface area contributed by atoms with Gasteiger partial charge in [0, 0.05) is 10.6 Å². The molecule has 0 bridgehead atoms. The minimum atomic E-state index is -1.03. The molecular weight excluding hydrogens is 388 g/mol. The van der Waals surface area contributed by atoms with E-state index in [0.29, 0.717) is 17.2 Å². The van der Waals surface area contributed by atoms with E-state index in [-0.39, 0.29) is 11.6 Å². The van der Waals surface area contributed by atoms with Gasteiger partial charge in [0.05, 0.1) is 7.11 Å². The third kappa shape index (κ3) is 3.84. The van der Waals surface area contributed by atoms with Crippen LogP contribution in [0.25, 0.3) is 11.1 Å². The number of rotatable bonds is 4. The van der Waals surface area contributed by atoms with Gasteiger partial charge in [-0.25, -0.2) is 0 Å². The van der Waals surface area contributed by atoms with Crippen molar-refractivity contribution in [3.05, 3.63) is 52.5 Å². The molecule has 1 aliphatic heterocycles. The number of halogens is 1. The maximum absolute atomic E-state index is 13.1. The lowest BCUT2D eigenvalue weighted by molar-refractivity contribution is -0.184. The molecule has 2 aromatic carbocycles. The number of ether oxygens (including phenoxy) is 2. The summed E-state index contributed by atoms with van der Waals surface area (Å²) < 4.78 is 11.3. The molecule has 0 saturated carbocycles. The number of ketones is 2. The van der Waals surface area contributed by atoms with Crippen molar-refractivity contribution in [2.75, 3.05) is 7.11 Å². The van der Waals surface area contributed by atoms with Crippen molar-refractivity contribution in [2.45, 2.75) is 58.2 Å². The Kier molecular flexibility index (Phi) is 5.63. The van der Waals surface area contributed by atoms with E-state index in [0.717, 1.165) is 22.3 Å². The highest BCUT2D eigenvalue weighted by molar-refractivity contribution is 6.31. The van der Waals surface area contributed by atoms with E-state index >= 15 is 0 Å². The molecule has 2 aromatic rings. The fourth-order valence-corrected chi connectivity index (χ4v) is 4.27. The monoisotopic (exact) mass is 414 g/mol. The lowest BCUT2D eigenvalue weighted by Crippen LogP contribution is -2.58. The Morgan fingerprint density at radius 3 is 2.17 bits per heavy atom. The lowest BCUT2D eigenvalue weighted by Gasteiger charge is -2.43. The Hall–Kier alpha value is -2.17. The standard InChI is InChI=1S/C24H27ClO4/c1-7-14-12-15(18-13-16(25)9-11-19(18)28-6)8-10-17(14)20-21(26)23(2,3)29-24(4,5)22(20)27/h8-13,20H,7H2,1-6H3. The first kappa shape index (κ1) is 21.5. The molecule has 1 saturated heterocycles. The average molecular weight is 415 g/mol.